The molecule has 0 unspecified atom stereocenters. The van der Waals surface area contributed by atoms with Gasteiger partial charge in [-0.15, -0.1) is 0 Å². The molecule has 0 spiro atoms. The van der Waals surface area contributed by atoms with Gasteiger partial charge in [-0.05, 0) is 6.07 Å². The number of aromatic nitrogens is 2. The number of carbonyl (C=O) groups excluding carboxylic acids is 1. The van der Waals surface area contributed by atoms with Crippen LogP contribution in [0.2, 0.25) is 0 Å². The fourth-order valence-corrected chi connectivity index (χ4v) is 1.07. The Labute approximate surface area is 70.3 Å². The standard InChI is InChI=1S/C7H12N4O/c1-11-6(2-3-10-11)5(8)4-7(9)12/h2-3,5H,4,8H2,1H3,(H2,9,12)/t5-/m0/s1. The van der Waals surface area contributed by atoms with Crippen molar-refractivity contribution in [3.05, 3.63) is 18.0 Å². The average Bonchev–Trinajstić information content (AvgIpc) is 2.33. The molecule has 1 rings (SSSR count). The first-order valence-corrected chi connectivity index (χ1v) is 3.63. The monoisotopic (exact) mass is 168 g/mol. The molecule has 0 saturated heterocycles. The highest BCUT2D eigenvalue weighted by atomic mass is 16.1. The van der Waals surface area contributed by atoms with Crippen LogP contribution in [0.5, 0.6) is 0 Å². The summed E-state index contributed by atoms with van der Waals surface area (Å²) in [7, 11) is 1.77. The normalized spacial score (nSPS) is 12.8. The molecule has 66 valence electrons. The van der Waals surface area contributed by atoms with E-state index in [2.05, 4.69) is 5.10 Å². The smallest absolute Gasteiger partial charge is 0.219 e. The number of amides is 1. The van der Waals surface area contributed by atoms with Crippen molar-refractivity contribution < 1.29 is 4.79 Å². The van der Waals surface area contributed by atoms with Crippen molar-refractivity contribution in [3.8, 4) is 0 Å². The second kappa shape index (κ2) is 3.36. The van der Waals surface area contributed by atoms with Crippen LogP contribution >= 0.6 is 0 Å². The lowest BCUT2D eigenvalue weighted by molar-refractivity contribution is -0.118. The SMILES string of the molecule is Cn1nccc1[C@@H](N)CC(N)=O. The second-order valence-electron chi connectivity index (χ2n) is 2.66. The maximum absolute atomic E-state index is 10.5. The van der Waals surface area contributed by atoms with Gasteiger partial charge in [-0.25, -0.2) is 0 Å². The minimum atomic E-state index is -0.399. The lowest BCUT2D eigenvalue weighted by Gasteiger charge is -2.08. The molecule has 0 aliphatic heterocycles. The Morgan fingerprint density at radius 3 is 2.92 bits per heavy atom. The number of hydrogen-bond donors (Lipinski definition) is 2. The van der Waals surface area contributed by atoms with E-state index in [1.807, 2.05) is 0 Å². The number of aryl methyl sites for hydroxylation is 1. The molecule has 4 N–H and O–H groups in total. The number of carbonyl (C=O) groups is 1. The number of primary amides is 1. The molecule has 5 nitrogen and oxygen atoms in total. The van der Waals surface area contributed by atoms with Gasteiger partial charge in [0, 0.05) is 19.7 Å². The highest BCUT2D eigenvalue weighted by molar-refractivity contribution is 5.74. The van der Waals surface area contributed by atoms with E-state index in [-0.39, 0.29) is 12.5 Å². The Balaban J connectivity index is 2.71. The zero-order chi connectivity index (χ0) is 9.14. The molecule has 1 aromatic rings. The first kappa shape index (κ1) is 8.73. The van der Waals surface area contributed by atoms with Crippen molar-refractivity contribution in [3.63, 3.8) is 0 Å². The van der Waals surface area contributed by atoms with Crippen LogP contribution in [-0.4, -0.2) is 15.7 Å². The Morgan fingerprint density at radius 2 is 2.50 bits per heavy atom. The summed E-state index contributed by atoms with van der Waals surface area (Å²) >= 11 is 0. The van der Waals surface area contributed by atoms with Crippen LogP contribution in [-0.2, 0) is 11.8 Å². The van der Waals surface area contributed by atoms with E-state index in [0.717, 1.165) is 5.69 Å². The zero-order valence-electron chi connectivity index (χ0n) is 6.90. The molecule has 1 heterocycles. The molecule has 1 aromatic heterocycles. The van der Waals surface area contributed by atoms with Gasteiger partial charge >= 0.3 is 0 Å². The van der Waals surface area contributed by atoms with E-state index in [9.17, 15) is 4.79 Å². The summed E-state index contributed by atoms with van der Waals surface area (Å²) in [4.78, 5) is 10.5. The van der Waals surface area contributed by atoms with Gasteiger partial charge in [-0.1, -0.05) is 0 Å². The van der Waals surface area contributed by atoms with Crippen LogP contribution in [0.25, 0.3) is 0 Å². The fraction of sp³-hybridized carbons (Fsp3) is 0.429. The summed E-state index contributed by atoms with van der Waals surface area (Å²) in [5.74, 6) is -0.399. The molecule has 12 heavy (non-hydrogen) atoms. The molecule has 0 aliphatic rings. The molecule has 0 radical (unpaired) electrons. The van der Waals surface area contributed by atoms with Gasteiger partial charge in [0.1, 0.15) is 0 Å². The van der Waals surface area contributed by atoms with E-state index in [4.69, 9.17) is 11.5 Å². The Hall–Kier alpha value is -1.36. The third-order valence-electron chi connectivity index (χ3n) is 1.66. The van der Waals surface area contributed by atoms with Crippen molar-refractivity contribution in [2.24, 2.45) is 18.5 Å². The third kappa shape index (κ3) is 1.82. The molecule has 1 atom stereocenters. The second-order valence-corrected chi connectivity index (χ2v) is 2.66. The van der Waals surface area contributed by atoms with Gasteiger partial charge in [0.2, 0.25) is 5.91 Å². The molecular weight excluding hydrogens is 156 g/mol. The topological polar surface area (TPSA) is 86.9 Å². The minimum Gasteiger partial charge on any atom is -0.370 e. The summed E-state index contributed by atoms with van der Waals surface area (Å²) in [6.45, 7) is 0. The number of nitrogens with zero attached hydrogens (tertiary/aromatic N) is 2. The summed E-state index contributed by atoms with van der Waals surface area (Å²) < 4.78 is 1.63. The van der Waals surface area contributed by atoms with Gasteiger partial charge in [0.25, 0.3) is 0 Å². The van der Waals surface area contributed by atoms with Crippen LogP contribution in [0.1, 0.15) is 18.2 Å². The Morgan fingerprint density at radius 1 is 1.83 bits per heavy atom. The lowest BCUT2D eigenvalue weighted by atomic mass is 10.1. The van der Waals surface area contributed by atoms with Crippen molar-refractivity contribution >= 4 is 5.91 Å². The Kier molecular flexibility index (Phi) is 2.44. The molecule has 0 aromatic carbocycles. The number of hydrogen-bond acceptors (Lipinski definition) is 3. The van der Waals surface area contributed by atoms with E-state index in [1.54, 1.807) is 24.0 Å². The molecule has 0 saturated carbocycles. The summed E-state index contributed by atoms with van der Waals surface area (Å²) in [5, 5.41) is 3.93. The predicted octanol–water partition coefficient (Wildman–Crippen LogP) is -0.705. The molecule has 1 amide bonds. The number of nitrogens with two attached hydrogens (primary N) is 2. The van der Waals surface area contributed by atoms with Crippen molar-refractivity contribution in [2.45, 2.75) is 12.5 Å². The van der Waals surface area contributed by atoms with Crippen molar-refractivity contribution in [1.29, 1.82) is 0 Å². The quantitative estimate of drug-likeness (QED) is 0.625. The molecule has 0 fully saturated rings. The maximum Gasteiger partial charge on any atom is 0.219 e. The fourth-order valence-electron chi connectivity index (χ4n) is 1.07. The van der Waals surface area contributed by atoms with Crippen LogP contribution < -0.4 is 11.5 Å². The van der Waals surface area contributed by atoms with E-state index >= 15 is 0 Å². The minimum absolute atomic E-state index is 0.152. The van der Waals surface area contributed by atoms with Crippen LogP contribution in [0, 0.1) is 0 Å². The lowest BCUT2D eigenvalue weighted by Crippen LogP contribution is -2.22. The Bertz CT molecular complexity index is 281. The van der Waals surface area contributed by atoms with Crippen LogP contribution in [0.4, 0.5) is 0 Å². The van der Waals surface area contributed by atoms with Gasteiger partial charge in [0.15, 0.2) is 0 Å². The molecule has 5 heteroatoms. The highest BCUT2D eigenvalue weighted by Gasteiger charge is 2.11. The van der Waals surface area contributed by atoms with Crippen molar-refractivity contribution in [1.82, 2.24) is 9.78 Å². The summed E-state index contributed by atoms with van der Waals surface area (Å²) in [5.41, 5.74) is 11.5. The maximum atomic E-state index is 10.5. The first-order valence-electron chi connectivity index (χ1n) is 3.63. The van der Waals surface area contributed by atoms with E-state index in [0.29, 0.717) is 0 Å². The predicted molar refractivity (Wildman–Crippen MR) is 43.9 cm³/mol. The van der Waals surface area contributed by atoms with Crippen LogP contribution in [0.15, 0.2) is 12.3 Å². The zero-order valence-corrected chi connectivity index (χ0v) is 6.90. The number of rotatable bonds is 3. The van der Waals surface area contributed by atoms with E-state index < -0.39 is 5.91 Å². The summed E-state index contributed by atoms with van der Waals surface area (Å²) in [6, 6.07) is 1.42. The van der Waals surface area contributed by atoms with Gasteiger partial charge in [-0.2, -0.15) is 5.10 Å². The average molecular weight is 168 g/mol. The molecule has 0 aliphatic carbocycles. The first-order chi connectivity index (χ1) is 5.61. The van der Waals surface area contributed by atoms with E-state index in [1.165, 1.54) is 0 Å². The van der Waals surface area contributed by atoms with Gasteiger partial charge in [-0.3, -0.25) is 9.48 Å². The van der Waals surface area contributed by atoms with Crippen LogP contribution in [0.3, 0.4) is 0 Å². The third-order valence-corrected chi connectivity index (χ3v) is 1.66. The largest absolute Gasteiger partial charge is 0.370 e. The van der Waals surface area contributed by atoms with Gasteiger partial charge in [0.05, 0.1) is 11.7 Å². The molecule has 0 bridgehead atoms. The highest BCUT2D eigenvalue weighted by Crippen LogP contribution is 2.11. The van der Waals surface area contributed by atoms with Gasteiger partial charge < -0.3 is 11.5 Å². The summed E-state index contributed by atoms with van der Waals surface area (Å²) in [6.07, 6.45) is 1.79. The molecular formula is C7H12N4O. The van der Waals surface area contributed by atoms with Crippen molar-refractivity contribution in [2.75, 3.05) is 0 Å².